The SMILES string of the molecule is CN(C[C@@H]1C[C@H](F)CN1Cc1cccs1)C(=O)c1sccc1C#N. The molecule has 1 amide bonds. The van der Waals surface area contributed by atoms with Gasteiger partial charge >= 0.3 is 0 Å². The van der Waals surface area contributed by atoms with Gasteiger partial charge in [-0.2, -0.15) is 5.26 Å². The van der Waals surface area contributed by atoms with Crippen molar-refractivity contribution in [3.05, 3.63) is 44.3 Å². The molecule has 0 aromatic carbocycles. The lowest BCUT2D eigenvalue weighted by Gasteiger charge is -2.28. The summed E-state index contributed by atoms with van der Waals surface area (Å²) in [5.41, 5.74) is 0.405. The van der Waals surface area contributed by atoms with Gasteiger partial charge in [-0.25, -0.2) is 4.39 Å². The molecule has 2 aromatic heterocycles. The van der Waals surface area contributed by atoms with Crippen LogP contribution in [0, 0.1) is 11.3 Å². The van der Waals surface area contributed by atoms with Crippen molar-refractivity contribution in [1.29, 1.82) is 5.26 Å². The van der Waals surface area contributed by atoms with E-state index in [1.807, 2.05) is 23.6 Å². The van der Waals surface area contributed by atoms with E-state index in [9.17, 15) is 9.18 Å². The lowest BCUT2D eigenvalue weighted by atomic mass is 10.2. The number of rotatable bonds is 5. The number of carbonyl (C=O) groups excluding carboxylic acids is 1. The highest BCUT2D eigenvalue weighted by molar-refractivity contribution is 7.12. The van der Waals surface area contributed by atoms with E-state index >= 15 is 0 Å². The lowest BCUT2D eigenvalue weighted by Crippen LogP contribution is -2.40. The molecule has 0 aliphatic carbocycles. The first-order valence-electron chi connectivity index (χ1n) is 7.72. The predicted octanol–water partition coefficient (Wildman–Crippen LogP) is 3.37. The van der Waals surface area contributed by atoms with Crippen molar-refractivity contribution >= 4 is 28.6 Å². The molecule has 0 spiro atoms. The smallest absolute Gasteiger partial charge is 0.265 e. The van der Waals surface area contributed by atoms with Crippen molar-refractivity contribution in [3.8, 4) is 6.07 Å². The van der Waals surface area contributed by atoms with E-state index in [0.29, 0.717) is 36.5 Å². The molecule has 0 unspecified atom stereocenters. The fourth-order valence-electron chi connectivity index (χ4n) is 3.04. The third-order valence-corrected chi connectivity index (χ3v) is 5.99. The summed E-state index contributed by atoms with van der Waals surface area (Å²) in [5, 5.41) is 12.8. The van der Waals surface area contributed by atoms with E-state index in [-0.39, 0.29) is 11.9 Å². The Hall–Kier alpha value is -1.75. The summed E-state index contributed by atoms with van der Waals surface area (Å²) in [6.45, 7) is 1.59. The Morgan fingerprint density at radius 3 is 3.00 bits per heavy atom. The third-order valence-electron chi connectivity index (χ3n) is 4.23. The minimum atomic E-state index is -0.852. The van der Waals surface area contributed by atoms with E-state index in [1.54, 1.807) is 34.7 Å². The molecule has 1 aliphatic rings. The van der Waals surface area contributed by atoms with E-state index in [1.165, 1.54) is 16.2 Å². The highest BCUT2D eigenvalue weighted by Crippen LogP contribution is 2.26. The molecule has 1 aliphatic heterocycles. The van der Waals surface area contributed by atoms with E-state index < -0.39 is 6.17 Å². The Balaban J connectivity index is 1.67. The van der Waals surface area contributed by atoms with Crippen molar-refractivity contribution in [2.75, 3.05) is 20.1 Å². The van der Waals surface area contributed by atoms with Gasteiger partial charge in [0.1, 0.15) is 17.1 Å². The third kappa shape index (κ3) is 3.66. The molecule has 2 aromatic rings. The van der Waals surface area contributed by atoms with Crippen LogP contribution in [0.1, 0.15) is 26.5 Å². The van der Waals surface area contributed by atoms with Crippen molar-refractivity contribution in [2.24, 2.45) is 0 Å². The topological polar surface area (TPSA) is 47.3 Å². The lowest BCUT2D eigenvalue weighted by molar-refractivity contribution is 0.0754. The van der Waals surface area contributed by atoms with Gasteiger partial charge in [0.2, 0.25) is 0 Å². The summed E-state index contributed by atoms with van der Waals surface area (Å²) in [7, 11) is 1.72. The van der Waals surface area contributed by atoms with Gasteiger partial charge in [0.25, 0.3) is 5.91 Å². The maximum atomic E-state index is 13.9. The first kappa shape index (κ1) is 17.1. The van der Waals surface area contributed by atoms with Crippen molar-refractivity contribution in [1.82, 2.24) is 9.80 Å². The molecule has 1 fully saturated rings. The molecule has 4 nitrogen and oxygen atoms in total. The van der Waals surface area contributed by atoms with Crippen LogP contribution in [-0.2, 0) is 6.54 Å². The van der Waals surface area contributed by atoms with Crippen LogP contribution in [0.25, 0.3) is 0 Å². The summed E-state index contributed by atoms with van der Waals surface area (Å²) in [5.74, 6) is -0.167. The molecule has 2 atom stereocenters. The average molecular weight is 363 g/mol. The molecule has 126 valence electrons. The normalized spacial score (nSPS) is 20.9. The molecule has 0 saturated carbocycles. The first-order chi connectivity index (χ1) is 11.6. The van der Waals surface area contributed by atoms with Crippen molar-refractivity contribution in [2.45, 2.75) is 25.2 Å². The van der Waals surface area contributed by atoms with Crippen LogP contribution in [0.2, 0.25) is 0 Å². The molecule has 1 saturated heterocycles. The number of carbonyl (C=O) groups is 1. The minimum Gasteiger partial charge on any atom is -0.339 e. The highest BCUT2D eigenvalue weighted by Gasteiger charge is 2.34. The second-order valence-electron chi connectivity index (χ2n) is 5.96. The Labute approximate surface area is 148 Å². The van der Waals surface area contributed by atoms with Gasteiger partial charge in [0.05, 0.1) is 5.56 Å². The van der Waals surface area contributed by atoms with Gasteiger partial charge in [0.15, 0.2) is 0 Å². The number of thiophene rings is 2. The Morgan fingerprint density at radius 1 is 1.46 bits per heavy atom. The number of amides is 1. The molecule has 0 radical (unpaired) electrons. The summed E-state index contributed by atoms with van der Waals surface area (Å²) in [6, 6.07) is 7.74. The van der Waals surface area contributed by atoms with E-state index in [4.69, 9.17) is 5.26 Å². The van der Waals surface area contributed by atoms with Crippen LogP contribution in [0.3, 0.4) is 0 Å². The second kappa shape index (κ2) is 7.43. The van der Waals surface area contributed by atoms with Gasteiger partial charge in [0, 0.05) is 37.6 Å². The molecule has 0 N–H and O–H groups in total. The molecule has 24 heavy (non-hydrogen) atoms. The standard InChI is InChI=1S/C17H18FN3OS2/c1-20(17(22)16-12(8-19)4-6-24-16)10-14-7-13(18)9-21(14)11-15-3-2-5-23-15/h2-6,13-14H,7,9-11H2,1H3/t13-,14-/m0/s1. The van der Waals surface area contributed by atoms with Gasteiger partial charge in [-0.15, -0.1) is 22.7 Å². The molecule has 7 heteroatoms. The first-order valence-corrected chi connectivity index (χ1v) is 9.48. The van der Waals surface area contributed by atoms with Gasteiger partial charge in [-0.3, -0.25) is 9.69 Å². The van der Waals surface area contributed by atoms with Crippen molar-refractivity contribution in [3.63, 3.8) is 0 Å². The number of nitrogens with zero attached hydrogens (tertiary/aromatic N) is 3. The Morgan fingerprint density at radius 2 is 2.29 bits per heavy atom. The maximum absolute atomic E-state index is 13.9. The van der Waals surface area contributed by atoms with Gasteiger partial charge < -0.3 is 4.90 Å². The van der Waals surface area contributed by atoms with E-state index in [0.717, 1.165) is 0 Å². The number of nitriles is 1. The zero-order chi connectivity index (χ0) is 17.1. The number of halogens is 1. The maximum Gasteiger partial charge on any atom is 0.265 e. The zero-order valence-electron chi connectivity index (χ0n) is 13.3. The molecule has 0 bridgehead atoms. The van der Waals surface area contributed by atoms with Crippen LogP contribution in [0.4, 0.5) is 4.39 Å². The summed E-state index contributed by atoms with van der Waals surface area (Å²) in [4.78, 5) is 17.9. The molecule has 3 heterocycles. The highest BCUT2D eigenvalue weighted by atomic mass is 32.1. The number of alkyl halides is 1. The van der Waals surface area contributed by atoms with Crippen molar-refractivity contribution < 1.29 is 9.18 Å². The molecular formula is C17H18FN3OS2. The number of likely N-dealkylation sites (tertiary alicyclic amines) is 1. The monoisotopic (exact) mass is 363 g/mol. The number of hydrogen-bond acceptors (Lipinski definition) is 5. The zero-order valence-corrected chi connectivity index (χ0v) is 14.9. The summed E-state index contributed by atoms with van der Waals surface area (Å²) >= 11 is 2.94. The summed E-state index contributed by atoms with van der Waals surface area (Å²) < 4.78 is 13.9. The van der Waals surface area contributed by atoms with Gasteiger partial charge in [-0.05, 0) is 29.3 Å². The van der Waals surface area contributed by atoms with Crippen LogP contribution in [0.15, 0.2) is 29.0 Å². The number of hydrogen-bond donors (Lipinski definition) is 0. The minimum absolute atomic E-state index is 0.00143. The van der Waals surface area contributed by atoms with E-state index in [2.05, 4.69) is 4.90 Å². The second-order valence-corrected chi connectivity index (χ2v) is 7.90. The van der Waals surface area contributed by atoms with Crippen LogP contribution in [-0.4, -0.2) is 48.1 Å². The largest absolute Gasteiger partial charge is 0.339 e. The fourth-order valence-corrected chi connectivity index (χ4v) is 4.61. The number of likely N-dealkylation sites (N-methyl/N-ethyl adjacent to an activating group) is 1. The average Bonchev–Trinajstić information content (AvgIpc) is 3.28. The summed E-state index contributed by atoms with van der Waals surface area (Å²) in [6.07, 6.45) is -0.409. The quantitative estimate of drug-likeness (QED) is 0.818. The van der Waals surface area contributed by atoms with Crippen LogP contribution >= 0.6 is 22.7 Å². The van der Waals surface area contributed by atoms with Gasteiger partial charge in [-0.1, -0.05) is 6.07 Å². The predicted molar refractivity (Wildman–Crippen MR) is 94.0 cm³/mol. The van der Waals surface area contributed by atoms with Crippen LogP contribution in [0.5, 0.6) is 0 Å². The Kier molecular flexibility index (Phi) is 5.29. The molecular weight excluding hydrogens is 345 g/mol. The Bertz CT molecular complexity index is 737. The molecule has 3 rings (SSSR count). The van der Waals surface area contributed by atoms with Crippen LogP contribution < -0.4 is 0 Å². The fraction of sp³-hybridized carbons (Fsp3) is 0.412.